The molecule has 0 saturated heterocycles. The first-order valence-electron chi connectivity index (χ1n) is 10.1. The first-order valence-corrected chi connectivity index (χ1v) is 10.1. The van der Waals surface area contributed by atoms with Gasteiger partial charge < -0.3 is 15.8 Å². The minimum Gasteiger partial charge on any atom is -0.486 e. The SMILES string of the molecule is CC(C)CC(=O)COc1ccc(-c2nc(Nc3ccc4[nH]ncc4c3)n[nH]2)cc1CN. The maximum absolute atomic E-state index is 11.9. The molecule has 4 aromatic rings. The normalized spacial score (nSPS) is 11.2. The van der Waals surface area contributed by atoms with Crippen molar-refractivity contribution in [3.8, 4) is 17.1 Å². The van der Waals surface area contributed by atoms with E-state index in [1.54, 1.807) is 6.20 Å². The number of aromatic nitrogens is 5. The molecule has 0 fully saturated rings. The molecule has 160 valence electrons. The zero-order valence-corrected chi connectivity index (χ0v) is 17.5. The van der Waals surface area contributed by atoms with Crippen LogP contribution in [0.25, 0.3) is 22.3 Å². The summed E-state index contributed by atoms with van der Waals surface area (Å²) < 4.78 is 5.70. The van der Waals surface area contributed by atoms with Crippen LogP contribution in [0.4, 0.5) is 11.6 Å². The number of fused-ring (bicyclic) bond motifs is 1. The van der Waals surface area contributed by atoms with Crippen LogP contribution in [0.1, 0.15) is 25.8 Å². The van der Waals surface area contributed by atoms with Crippen LogP contribution in [0.5, 0.6) is 5.75 Å². The topological polar surface area (TPSA) is 135 Å². The molecule has 0 radical (unpaired) electrons. The second kappa shape index (κ2) is 8.97. The first kappa shape index (κ1) is 20.5. The number of nitrogens with one attached hydrogen (secondary N) is 3. The molecule has 0 aliphatic rings. The number of benzene rings is 2. The number of hydrogen-bond donors (Lipinski definition) is 4. The molecule has 0 spiro atoms. The van der Waals surface area contributed by atoms with Crippen LogP contribution in [0.2, 0.25) is 0 Å². The standard InChI is InChI=1S/C22H25N7O2/c1-13(2)7-18(30)12-31-20-6-3-14(8-15(20)10-23)21-26-22(29-28-21)25-17-4-5-19-16(9-17)11-24-27-19/h3-6,8-9,11,13H,7,10,12,23H2,1-2H3,(H,24,27)(H2,25,26,28,29). The summed E-state index contributed by atoms with van der Waals surface area (Å²) in [5.41, 5.74) is 9.34. The number of carbonyl (C=O) groups excluding carboxylic acids is 1. The fraction of sp³-hybridized carbons (Fsp3) is 0.273. The van der Waals surface area contributed by atoms with E-state index in [4.69, 9.17) is 10.5 Å². The van der Waals surface area contributed by atoms with Gasteiger partial charge in [0.15, 0.2) is 11.6 Å². The lowest BCUT2D eigenvalue weighted by molar-refractivity contribution is -0.121. The van der Waals surface area contributed by atoms with Gasteiger partial charge in [-0.25, -0.2) is 0 Å². The van der Waals surface area contributed by atoms with Crippen molar-refractivity contribution in [1.82, 2.24) is 25.4 Å². The van der Waals surface area contributed by atoms with Crippen molar-refractivity contribution in [3.05, 3.63) is 48.2 Å². The van der Waals surface area contributed by atoms with Crippen molar-refractivity contribution >= 4 is 28.3 Å². The van der Waals surface area contributed by atoms with E-state index >= 15 is 0 Å². The van der Waals surface area contributed by atoms with E-state index in [9.17, 15) is 4.79 Å². The fourth-order valence-corrected chi connectivity index (χ4v) is 3.30. The highest BCUT2D eigenvalue weighted by molar-refractivity contribution is 5.82. The largest absolute Gasteiger partial charge is 0.486 e. The maximum atomic E-state index is 11.9. The molecule has 2 heterocycles. The van der Waals surface area contributed by atoms with Gasteiger partial charge in [0.05, 0.1) is 11.7 Å². The molecule has 0 aliphatic carbocycles. The molecule has 0 amide bonds. The summed E-state index contributed by atoms with van der Waals surface area (Å²) in [7, 11) is 0. The monoisotopic (exact) mass is 419 g/mol. The highest BCUT2D eigenvalue weighted by Gasteiger charge is 2.12. The molecule has 4 rings (SSSR count). The highest BCUT2D eigenvalue weighted by Crippen LogP contribution is 2.26. The fourth-order valence-electron chi connectivity index (χ4n) is 3.30. The molecule has 9 nitrogen and oxygen atoms in total. The van der Waals surface area contributed by atoms with E-state index < -0.39 is 0 Å². The summed E-state index contributed by atoms with van der Waals surface area (Å²) in [4.78, 5) is 16.5. The van der Waals surface area contributed by atoms with Gasteiger partial charge in [-0.3, -0.25) is 15.0 Å². The Balaban J connectivity index is 1.46. The van der Waals surface area contributed by atoms with Crippen LogP contribution in [0.15, 0.2) is 42.6 Å². The number of anilines is 2. The van der Waals surface area contributed by atoms with Crippen LogP contribution in [-0.2, 0) is 11.3 Å². The minimum atomic E-state index is 0.0436. The molecule has 0 saturated carbocycles. The summed E-state index contributed by atoms with van der Waals surface area (Å²) in [6.45, 7) is 4.34. The summed E-state index contributed by atoms with van der Waals surface area (Å²) >= 11 is 0. The van der Waals surface area contributed by atoms with Crippen molar-refractivity contribution in [2.24, 2.45) is 11.7 Å². The molecular weight excluding hydrogens is 394 g/mol. The number of Topliss-reactive ketones (excluding diaryl/α,β-unsaturated/α-hetero) is 1. The van der Waals surface area contributed by atoms with Crippen LogP contribution in [-0.4, -0.2) is 37.8 Å². The molecule has 2 aromatic carbocycles. The van der Waals surface area contributed by atoms with Crippen LogP contribution in [0.3, 0.4) is 0 Å². The van der Waals surface area contributed by atoms with E-state index in [-0.39, 0.29) is 18.9 Å². The summed E-state index contributed by atoms with van der Waals surface area (Å²) in [5.74, 6) is 2.04. The average Bonchev–Trinajstić information content (AvgIpc) is 3.41. The van der Waals surface area contributed by atoms with Gasteiger partial charge >= 0.3 is 0 Å². The Morgan fingerprint density at radius 1 is 1.19 bits per heavy atom. The molecule has 31 heavy (non-hydrogen) atoms. The molecular formula is C22H25N7O2. The van der Waals surface area contributed by atoms with Gasteiger partial charge in [0, 0.05) is 35.2 Å². The number of ketones is 1. The predicted molar refractivity (Wildman–Crippen MR) is 119 cm³/mol. The van der Waals surface area contributed by atoms with Gasteiger partial charge in [0.1, 0.15) is 12.4 Å². The van der Waals surface area contributed by atoms with E-state index in [1.807, 2.05) is 50.2 Å². The Labute approximate surface area is 179 Å². The quantitative estimate of drug-likeness (QED) is 0.326. The first-order chi connectivity index (χ1) is 15.0. The smallest absolute Gasteiger partial charge is 0.246 e. The maximum Gasteiger partial charge on any atom is 0.246 e. The Bertz CT molecular complexity index is 1200. The van der Waals surface area contributed by atoms with Gasteiger partial charge in [0.2, 0.25) is 5.95 Å². The predicted octanol–water partition coefficient (Wildman–Crippen LogP) is 3.54. The number of carbonyl (C=O) groups is 1. The second-order valence-electron chi connectivity index (χ2n) is 7.76. The third kappa shape index (κ3) is 4.89. The lowest BCUT2D eigenvalue weighted by Gasteiger charge is -2.11. The van der Waals surface area contributed by atoms with Crippen molar-refractivity contribution in [3.63, 3.8) is 0 Å². The molecule has 0 aliphatic heterocycles. The van der Waals surface area contributed by atoms with Gasteiger partial charge in [-0.05, 0) is 42.3 Å². The van der Waals surface area contributed by atoms with Crippen molar-refractivity contribution in [1.29, 1.82) is 0 Å². The molecule has 5 N–H and O–H groups in total. The van der Waals surface area contributed by atoms with E-state index in [0.717, 1.165) is 27.7 Å². The van der Waals surface area contributed by atoms with E-state index in [1.165, 1.54) is 0 Å². The zero-order valence-electron chi connectivity index (χ0n) is 17.5. The summed E-state index contributed by atoms with van der Waals surface area (Å²) in [6, 6.07) is 11.4. The highest BCUT2D eigenvalue weighted by atomic mass is 16.5. The number of hydrogen-bond acceptors (Lipinski definition) is 7. The number of nitrogens with zero attached hydrogens (tertiary/aromatic N) is 3. The third-order valence-electron chi connectivity index (χ3n) is 4.76. The summed E-state index contributed by atoms with van der Waals surface area (Å²) in [5, 5.41) is 18.3. The number of aromatic amines is 2. The van der Waals surface area contributed by atoms with E-state index in [0.29, 0.717) is 29.9 Å². The van der Waals surface area contributed by atoms with Gasteiger partial charge in [0.25, 0.3) is 0 Å². The second-order valence-corrected chi connectivity index (χ2v) is 7.76. The lowest BCUT2D eigenvalue weighted by atomic mass is 10.1. The molecule has 2 aromatic heterocycles. The molecule has 0 bridgehead atoms. The minimum absolute atomic E-state index is 0.0436. The van der Waals surface area contributed by atoms with Gasteiger partial charge in [-0.15, -0.1) is 5.10 Å². The van der Waals surface area contributed by atoms with Gasteiger partial charge in [-0.1, -0.05) is 13.8 Å². The molecule has 0 atom stereocenters. The Morgan fingerprint density at radius 3 is 2.87 bits per heavy atom. The molecule has 9 heteroatoms. The van der Waals surface area contributed by atoms with Crippen molar-refractivity contribution in [2.75, 3.05) is 11.9 Å². The summed E-state index contributed by atoms with van der Waals surface area (Å²) in [6.07, 6.45) is 2.26. The third-order valence-corrected chi connectivity index (χ3v) is 4.76. The number of rotatable bonds is 9. The number of H-pyrrole nitrogens is 2. The zero-order chi connectivity index (χ0) is 21.8. The van der Waals surface area contributed by atoms with Crippen molar-refractivity contribution in [2.45, 2.75) is 26.8 Å². The number of ether oxygens (including phenoxy) is 1. The van der Waals surface area contributed by atoms with Crippen molar-refractivity contribution < 1.29 is 9.53 Å². The Morgan fingerprint density at radius 2 is 2.06 bits per heavy atom. The number of nitrogens with two attached hydrogens (primary N) is 1. The molecule has 0 unspecified atom stereocenters. The average molecular weight is 419 g/mol. The van der Waals surface area contributed by atoms with Crippen LogP contribution in [0, 0.1) is 5.92 Å². The Kier molecular flexibility index (Phi) is 5.94. The van der Waals surface area contributed by atoms with Crippen LogP contribution >= 0.6 is 0 Å². The van der Waals surface area contributed by atoms with Crippen LogP contribution < -0.4 is 15.8 Å². The van der Waals surface area contributed by atoms with Gasteiger partial charge in [-0.2, -0.15) is 10.1 Å². The lowest BCUT2D eigenvalue weighted by Crippen LogP contribution is -2.14. The van der Waals surface area contributed by atoms with E-state index in [2.05, 4.69) is 30.7 Å². The Hall–Kier alpha value is -3.72.